The van der Waals surface area contributed by atoms with Crippen LogP contribution in [0.2, 0.25) is 0 Å². The number of nitrogens with zero attached hydrogens (tertiary/aromatic N) is 4. The van der Waals surface area contributed by atoms with Gasteiger partial charge in [-0.25, -0.2) is 32.0 Å². The van der Waals surface area contributed by atoms with Crippen LogP contribution in [0.4, 0.5) is 17.6 Å². The number of aromatic nitrogens is 3. The normalized spacial score (nSPS) is 17.5. The maximum atomic E-state index is 15.8. The van der Waals surface area contributed by atoms with Crippen LogP contribution in [0.25, 0.3) is 6.08 Å². The molecular weight excluding hydrogens is 789 g/mol. The van der Waals surface area contributed by atoms with E-state index in [1.54, 1.807) is 25.2 Å². The molecule has 5 rings (SSSR count). The second-order valence-electron chi connectivity index (χ2n) is 11.5. The Balaban J connectivity index is 0.00000406. The van der Waals surface area contributed by atoms with Crippen molar-refractivity contribution in [1.29, 1.82) is 5.26 Å². The van der Waals surface area contributed by atoms with Crippen LogP contribution in [0.3, 0.4) is 0 Å². The Labute approximate surface area is 361 Å². The van der Waals surface area contributed by atoms with Crippen LogP contribution in [0.1, 0.15) is 39.5 Å². The second kappa shape index (κ2) is 21.2. The minimum atomic E-state index is -5.59. The van der Waals surface area contributed by atoms with Crippen molar-refractivity contribution in [2.45, 2.75) is 42.5 Å². The first kappa shape index (κ1) is 46.7. The topological polar surface area (TPSA) is 172 Å². The molecule has 278 valence electrons. The number of phosphoric acid groups is 1. The summed E-state index contributed by atoms with van der Waals surface area (Å²) in [5, 5.41) is 11.7. The Morgan fingerprint density at radius 1 is 1.09 bits per heavy atom. The van der Waals surface area contributed by atoms with Crippen LogP contribution in [-0.4, -0.2) is 50.7 Å². The summed E-state index contributed by atoms with van der Waals surface area (Å²) in [5.41, 5.74) is -2.95. The van der Waals surface area contributed by atoms with E-state index in [0.717, 1.165) is 36.4 Å². The number of allylic oxidation sites excluding steroid dienone is 2. The van der Waals surface area contributed by atoms with E-state index >= 15 is 4.39 Å². The molecule has 0 N–H and O–H groups in total. The van der Waals surface area contributed by atoms with Gasteiger partial charge in [0.05, 0.1) is 56.6 Å². The summed E-state index contributed by atoms with van der Waals surface area (Å²) >= 11 is 1.18. The van der Waals surface area contributed by atoms with E-state index in [1.807, 2.05) is 6.07 Å². The molecule has 1 fully saturated rings. The summed E-state index contributed by atoms with van der Waals surface area (Å²) in [6, 6.07) is 11.8. The van der Waals surface area contributed by atoms with Crippen LogP contribution in [0.5, 0.6) is 0 Å². The van der Waals surface area contributed by atoms with Crippen molar-refractivity contribution in [3.05, 3.63) is 137 Å². The minimum absolute atomic E-state index is 0. The molecular formula is C35H29F4N4Na2O8PS. The number of hydrogen-bond donors (Lipinski definition) is 0. The number of ether oxygens (including phenoxy) is 3. The monoisotopic (exact) mass is 818 g/mol. The van der Waals surface area contributed by atoms with E-state index in [-0.39, 0.29) is 95.6 Å². The molecule has 0 aliphatic carbocycles. The average Bonchev–Trinajstić information content (AvgIpc) is 3.63. The van der Waals surface area contributed by atoms with Gasteiger partial charge in [-0.15, -0.1) is 11.8 Å². The molecule has 0 amide bonds. The van der Waals surface area contributed by atoms with Gasteiger partial charge in [-0.2, -0.15) is 10.4 Å². The van der Waals surface area contributed by atoms with Gasteiger partial charge in [0.1, 0.15) is 35.9 Å². The second-order valence-corrected chi connectivity index (χ2v) is 14.3. The Hall–Kier alpha value is -2.66. The van der Waals surface area contributed by atoms with E-state index < -0.39 is 77.2 Å². The van der Waals surface area contributed by atoms with Gasteiger partial charge in [-0.05, 0) is 49.4 Å². The van der Waals surface area contributed by atoms with Crippen molar-refractivity contribution >= 4 is 31.6 Å². The van der Waals surface area contributed by atoms with Gasteiger partial charge in [0.25, 0.3) is 0 Å². The Bertz CT molecular complexity index is 2080. The third-order valence-corrected chi connectivity index (χ3v) is 9.85. The van der Waals surface area contributed by atoms with Crippen molar-refractivity contribution in [3.63, 3.8) is 0 Å². The van der Waals surface area contributed by atoms with Gasteiger partial charge in [-0.3, -0.25) is 0 Å². The molecule has 0 saturated carbocycles. The fraction of sp³-hybridized carbons (Fsp3) is 0.257. The number of phosphoric ester groups is 1. The number of carbonyl (C=O) groups excluding carboxylic acids is 1. The summed E-state index contributed by atoms with van der Waals surface area (Å²) in [6.45, 7) is 0.317. The maximum Gasteiger partial charge on any atom is 1.00 e. The largest absolute Gasteiger partial charge is 1.00 e. The predicted molar refractivity (Wildman–Crippen MR) is 178 cm³/mol. The number of hydrogen-bond acceptors (Lipinski definition) is 12. The number of carbonyl (C=O) groups is 1. The van der Waals surface area contributed by atoms with Gasteiger partial charge in [0.2, 0.25) is 0 Å². The number of esters is 1. The summed E-state index contributed by atoms with van der Waals surface area (Å²) in [4.78, 5) is 40.2. The van der Waals surface area contributed by atoms with Crippen molar-refractivity contribution in [2.75, 3.05) is 13.2 Å². The molecule has 0 bridgehead atoms. The van der Waals surface area contributed by atoms with E-state index in [0.29, 0.717) is 6.07 Å². The first-order valence-electron chi connectivity index (χ1n) is 15.7. The zero-order valence-electron chi connectivity index (χ0n) is 29.6. The zero-order chi connectivity index (χ0) is 38.2. The molecule has 0 spiro atoms. The average molecular weight is 819 g/mol. The SMILES string of the molecule is C[C@@H](SC1COC(/C=C/C=C/c2ccc(C#N)cc2F)OC1)[C@@](Cn1cncn1)(OC(=O)c1cccc(F)c1COP(=O)([O-])[O-])c1ccc(F)cc1F.[Na+].[Na+]. The third-order valence-electron chi connectivity index (χ3n) is 7.96. The molecule has 1 aromatic heterocycles. The molecule has 12 nitrogen and oxygen atoms in total. The molecule has 2 atom stereocenters. The van der Waals surface area contributed by atoms with Crippen LogP contribution < -0.4 is 68.9 Å². The molecule has 1 aliphatic heterocycles. The predicted octanol–water partition coefficient (Wildman–Crippen LogP) is -1.06. The fourth-order valence-corrected chi connectivity index (χ4v) is 7.03. The smallest absolute Gasteiger partial charge is 0.790 e. The van der Waals surface area contributed by atoms with E-state index in [2.05, 4.69) is 14.6 Å². The first-order chi connectivity index (χ1) is 25.3. The quantitative estimate of drug-likeness (QED) is 0.0498. The van der Waals surface area contributed by atoms with Gasteiger partial charge < -0.3 is 33.1 Å². The van der Waals surface area contributed by atoms with Gasteiger partial charge in [0.15, 0.2) is 11.9 Å². The zero-order valence-corrected chi connectivity index (χ0v) is 35.4. The van der Waals surface area contributed by atoms with Crippen molar-refractivity contribution in [3.8, 4) is 6.07 Å². The number of halogens is 4. The molecule has 0 radical (unpaired) electrons. The van der Waals surface area contributed by atoms with Gasteiger partial charge in [0, 0.05) is 28.0 Å². The van der Waals surface area contributed by atoms with E-state index in [1.165, 1.54) is 47.3 Å². The van der Waals surface area contributed by atoms with Crippen molar-refractivity contribution in [2.24, 2.45) is 0 Å². The number of rotatable bonds is 14. The molecule has 0 unspecified atom stereocenters. The molecule has 20 heteroatoms. The van der Waals surface area contributed by atoms with E-state index in [4.69, 9.17) is 19.5 Å². The molecule has 55 heavy (non-hydrogen) atoms. The van der Waals surface area contributed by atoms with Crippen LogP contribution in [-0.2, 0) is 42.1 Å². The number of benzene rings is 3. The van der Waals surface area contributed by atoms with Crippen LogP contribution in [0.15, 0.2) is 85.5 Å². The summed E-state index contributed by atoms with van der Waals surface area (Å²) in [6.07, 6.45) is 7.94. The standard InChI is InChI=1S/C35H31F4N4O8PS.2Na/c1-22(53-26-16-48-33(49-17-26)8-3-2-5-24-10-9-23(15-40)13-31(24)38)35(19-43-21-41-20-42-43,29-12-11-25(36)14-32(29)39)51-34(44)27-6-4-7-30(37)28(27)18-50-52(45,46)47;;/h2-14,20-22,26,33H,16-19H2,1H3,(H2,45,46,47);;/q;2*+1/p-2/b5-2+,8-3+;;/t22-,26?,33?,35-;;/m1../s1. The van der Waals surface area contributed by atoms with Crippen LogP contribution in [0, 0.1) is 34.6 Å². The van der Waals surface area contributed by atoms with Crippen molar-refractivity contribution < 1.29 is 115 Å². The summed E-state index contributed by atoms with van der Waals surface area (Å²) in [7, 11) is -5.59. The number of nitriles is 1. The molecule has 1 aliphatic rings. The summed E-state index contributed by atoms with van der Waals surface area (Å²) < 4.78 is 93.4. The maximum absolute atomic E-state index is 15.8. The Morgan fingerprint density at radius 3 is 2.47 bits per heavy atom. The molecule has 3 aromatic carbocycles. The molecule has 1 saturated heterocycles. The van der Waals surface area contributed by atoms with Gasteiger partial charge >= 0.3 is 65.1 Å². The van der Waals surface area contributed by atoms with E-state index in [9.17, 15) is 32.3 Å². The minimum Gasteiger partial charge on any atom is -0.790 e. The third kappa shape index (κ3) is 12.7. The molecule has 4 aromatic rings. The summed E-state index contributed by atoms with van der Waals surface area (Å²) in [5.74, 6) is -4.88. The van der Waals surface area contributed by atoms with Gasteiger partial charge in [-0.1, -0.05) is 30.4 Å². The molecule has 2 heterocycles. The van der Waals surface area contributed by atoms with Crippen LogP contribution >= 0.6 is 19.6 Å². The Kier molecular flexibility index (Phi) is 18.0. The number of thioether (sulfide) groups is 1. The Morgan fingerprint density at radius 2 is 1.84 bits per heavy atom. The first-order valence-corrected chi connectivity index (χ1v) is 18.1. The van der Waals surface area contributed by atoms with Crippen molar-refractivity contribution in [1.82, 2.24) is 14.8 Å². The fourth-order valence-electron chi connectivity index (χ4n) is 5.39.